The first-order chi connectivity index (χ1) is 9.63. The summed E-state index contributed by atoms with van der Waals surface area (Å²) in [7, 11) is 1.98. The molecule has 0 bridgehead atoms. The van der Waals surface area contributed by atoms with Gasteiger partial charge in [0.2, 0.25) is 0 Å². The lowest BCUT2D eigenvalue weighted by atomic mass is 9.76. The summed E-state index contributed by atoms with van der Waals surface area (Å²) in [5.41, 5.74) is 1.11. The molecule has 0 spiro atoms. The molecule has 1 fully saturated rings. The van der Waals surface area contributed by atoms with Crippen molar-refractivity contribution in [2.45, 2.75) is 38.4 Å². The zero-order chi connectivity index (χ0) is 14.2. The summed E-state index contributed by atoms with van der Waals surface area (Å²) >= 11 is 0. The number of halogens is 1. The van der Waals surface area contributed by atoms with Gasteiger partial charge >= 0.3 is 0 Å². The average Bonchev–Trinajstić information content (AvgIpc) is 2.94. The van der Waals surface area contributed by atoms with Gasteiger partial charge in [0, 0.05) is 30.6 Å². The predicted octanol–water partition coefficient (Wildman–Crippen LogP) is 2.53. The first kappa shape index (κ1) is 13.8. The third-order valence-corrected chi connectivity index (χ3v) is 4.76. The summed E-state index contributed by atoms with van der Waals surface area (Å²) in [5, 5.41) is 3.29. The van der Waals surface area contributed by atoms with Crippen molar-refractivity contribution < 1.29 is 13.9 Å². The number of rotatable bonds is 4. The molecule has 20 heavy (non-hydrogen) atoms. The quantitative estimate of drug-likeness (QED) is 0.918. The van der Waals surface area contributed by atoms with E-state index in [1.165, 1.54) is 6.07 Å². The first-order valence-electron chi connectivity index (χ1n) is 7.34. The van der Waals surface area contributed by atoms with Gasteiger partial charge in [-0.2, -0.15) is 0 Å². The first-order valence-corrected chi connectivity index (χ1v) is 7.34. The lowest BCUT2D eigenvalue weighted by Gasteiger charge is -2.34. The third-order valence-electron chi connectivity index (χ3n) is 4.76. The van der Waals surface area contributed by atoms with Gasteiger partial charge < -0.3 is 14.8 Å². The molecule has 0 saturated carbocycles. The molecule has 3 nitrogen and oxygen atoms in total. The number of fused-ring (bicyclic) bond motifs is 1. The van der Waals surface area contributed by atoms with Crippen LogP contribution in [0.15, 0.2) is 18.2 Å². The molecule has 2 aliphatic heterocycles. The van der Waals surface area contributed by atoms with Crippen LogP contribution in [0.5, 0.6) is 5.75 Å². The van der Waals surface area contributed by atoms with Gasteiger partial charge in [-0.25, -0.2) is 4.39 Å². The van der Waals surface area contributed by atoms with Crippen LogP contribution < -0.4 is 10.1 Å². The van der Waals surface area contributed by atoms with Crippen LogP contribution in [0.4, 0.5) is 4.39 Å². The second kappa shape index (κ2) is 5.34. The lowest BCUT2D eigenvalue weighted by Crippen LogP contribution is -2.41. The summed E-state index contributed by atoms with van der Waals surface area (Å²) in [4.78, 5) is 0. The van der Waals surface area contributed by atoms with E-state index in [0.717, 1.165) is 43.7 Å². The van der Waals surface area contributed by atoms with Crippen molar-refractivity contribution in [3.63, 3.8) is 0 Å². The third kappa shape index (κ3) is 2.42. The second-order valence-corrected chi connectivity index (χ2v) is 6.06. The number of benzene rings is 1. The molecule has 2 heterocycles. The molecule has 3 unspecified atom stereocenters. The number of hydrogen-bond acceptors (Lipinski definition) is 3. The fourth-order valence-electron chi connectivity index (χ4n) is 3.60. The van der Waals surface area contributed by atoms with Crippen LogP contribution in [0.1, 0.15) is 25.3 Å². The van der Waals surface area contributed by atoms with Crippen molar-refractivity contribution in [2.75, 3.05) is 20.2 Å². The van der Waals surface area contributed by atoms with Crippen LogP contribution in [-0.2, 0) is 11.2 Å². The molecular formula is C16H22FNO2. The molecule has 1 aromatic rings. The maximum atomic E-state index is 13.3. The predicted molar refractivity (Wildman–Crippen MR) is 75.5 cm³/mol. The van der Waals surface area contributed by atoms with Crippen LogP contribution >= 0.6 is 0 Å². The van der Waals surface area contributed by atoms with E-state index >= 15 is 0 Å². The Morgan fingerprint density at radius 2 is 2.30 bits per heavy atom. The van der Waals surface area contributed by atoms with Crippen molar-refractivity contribution in [3.8, 4) is 5.75 Å². The summed E-state index contributed by atoms with van der Waals surface area (Å²) in [6, 6.07) is 4.80. The van der Waals surface area contributed by atoms with Crippen LogP contribution in [0.2, 0.25) is 0 Å². The molecule has 0 radical (unpaired) electrons. The highest BCUT2D eigenvalue weighted by Crippen LogP contribution is 2.42. The molecule has 0 aliphatic carbocycles. The van der Waals surface area contributed by atoms with Gasteiger partial charge in [-0.05, 0) is 45.0 Å². The Kier molecular flexibility index (Phi) is 3.69. The minimum absolute atomic E-state index is 0.125. The van der Waals surface area contributed by atoms with E-state index in [9.17, 15) is 4.39 Å². The number of hydrogen-bond donors (Lipinski definition) is 1. The second-order valence-electron chi connectivity index (χ2n) is 6.06. The Bertz CT molecular complexity index is 493. The maximum absolute atomic E-state index is 13.3. The summed E-state index contributed by atoms with van der Waals surface area (Å²) < 4.78 is 25.0. The molecule has 4 heteroatoms. The van der Waals surface area contributed by atoms with Gasteiger partial charge in [0.15, 0.2) is 0 Å². The largest absolute Gasteiger partial charge is 0.490 e. The van der Waals surface area contributed by atoms with Crippen LogP contribution in [0, 0.1) is 11.2 Å². The van der Waals surface area contributed by atoms with E-state index in [0.29, 0.717) is 0 Å². The van der Waals surface area contributed by atoms with Crippen molar-refractivity contribution in [1.82, 2.24) is 5.32 Å². The van der Waals surface area contributed by atoms with Crippen molar-refractivity contribution in [1.29, 1.82) is 0 Å². The molecule has 3 atom stereocenters. The Morgan fingerprint density at radius 3 is 3.00 bits per heavy atom. The van der Waals surface area contributed by atoms with Gasteiger partial charge in [-0.1, -0.05) is 0 Å². The van der Waals surface area contributed by atoms with E-state index in [1.54, 1.807) is 12.1 Å². The number of nitrogens with one attached hydrogen (secondary N) is 1. The standard InChI is InChI=1S/C16H22FNO2/c1-11-16(10-18-2,5-6-19-11)9-14-8-12-7-13(17)3-4-15(12)20-14/h3-4,7,11,14,18H,5-6,8-10H2,1-2H3. The van der Waals surface area contributed by atoms with Gasteiger partial charge in [0.1, 0.15) is 17.7 Å². The van der Waals surface area contributed by atoms with E-state index < -0.39 is 0 Å². The molecule has 1 N–H and O–H groups in total. The average molecular weight is 279 g/mol. The van der Waals surface area contributed by atoms with Gasteiger partial charge in [0.25, 0.3) is 0 Å². The monoisotopic (exact) mass is 279 g/mol. The fraction of sp³-hybridized carbons (Fsp3) is 0.625. The van der Waals surface area contributed by atoms with Gasteiger partial charge in [-0.3, -0.25) is 0 Å². The summed E-state index contributed by atoms with van der Waals surface area (Å²) in [6.45, 7) is 3.89. The smallest absolute Gasteiger partial charge is 0.123 e. The van der Waals surface area contributed by atoms with E-state index in [4.69, 9.17) is 9.47 Å². The minimum Gasteiger partial charge on any atom is -0.490 e. The van der Waals surface area contributed by atoms with Crippen LogP contribution in [0.3, 0.4) is 0 Å². The SMILES string of the molecule is CNCC1(CC2Cc3cc(F)ccc3O2)CCOC1C. The normalized spacial score (nSPS) is 32.1. The number of ether oxygens (including phenoxy) is 2. The molecular weight excluding hydrogens is 257 g/mol. The van der Waals surface area contributed by atoms with Crippen molar-refractivity contribution in [2.24, 2.45) is 5.41 Å². The van der Waals surface area contributed by atoms with Crippen LogP contribution in [0.25, 0.3) is 0 Å². The van der Waals surface area contributed by atoms with Crippen molar-refractivity contribution >= 4 is 0 Å². The highest BCUT2D eigenvalue weighted by atomic mass is 19.1. The Morgan fingerprint density at radius 1 is 1.45 bits per heavy atom. The fourth-order valence-corrected chi connectivity index (χ4v) is 3.60. The zero-order valence-electron chi connectivity index (χ0n) is 12.1. The zero-order valence-corrected chi connectivity index (χ0v) is 12.1. The Hall–Kier alpha value is -1.13. The molecule has 1 saturated heterocycles. The van der Waals surface area contributed by atoms with E-state index in [1.807, 2.05) is 7.05 Å². The van der Waals surface area contributed by atoms with E-state index in [2.05, 4.69) is 12.2 Å². The summed E-state index contributed by atoms with van der Waals surface area (Å²) in [6.07, 6.45) is 3.17. The summed E-state index contributed by atoms with van der Waals surface area (Å²) in [5.74, 6) is 0.651. The molecule has 1 aromatic carbocycles. The highest BCUT2D eigenvalue weighted by Gasteiger charge is 2.44. The topological polar surface area (TPSA) is 30.5 Å². The molecule has 0 amide bonds. The van der Waals surface area contributed by atoms with Gasteiger partial charge in [-0.15, -0.1) is 0 Å². The molecule has 2 aliphatic rings. The van der Waals surface area contributed by atoms with Crippen LogP contribution in [-0.4, -0.2) is 32.4 Å². The Labute approximate surface area is 119 Å². The van der Waals surface area contributed by atoms with Gasteiger partial charge in [0.05, 0.1) is 6.10 Å². The Balaban J connectivity index is 1.72. The lowest BCUT2D eigenvalue weighted by molar-refractivity contribution is 0.0379. The minimum atomic E-state index is -0.185. The van der Waals surface area contributed by atoms with Crippen molar-refractivity contribution in [3.05, 3.63) is 29.6 Å². The molecule has 0 aromatic heterocycles. The maximum Gasteiger partial charge on any atom is 0.123 e. The highest BCUT2D eigenvalue weighted by molar-refractivity contribution is 5.38. The molecule has 3 rings (SSSR count). The molecule has 110 valence electrons. The van der Waals surface area contributed by atoms with E-state index in [-0.39, 0.29) is 23.4 Å².